The van der Waals surface area contributed by atoms with E-state index in [1.54, 1.807) is 6.20 Å². The predicted molar refractivity (Wildman–Crippen MR) is 134 cm³/mol. The molecule has 5 rings (SSSR count). The van der Waals surface area contributed by atoms with Gasteiger partial charge in [-0.2, -0.15) is 5.26 Å². The maximum Gasteiger partial charge on any atom is 0.227 e. The second-order valence-electron chi connectivity index (χ2n) is 8.74. The smallest absolute Gasteiger partial charge is 0.227 e. The first-order valence-corrected chi connectivity index (χ1v) is 12.0. The standard InChI is InChI=1S/C27H29N5O3/c1-19-2-4-22(17-25(19)32-10-14-34-15-11-32)30-27-29-9-6-24(31-27)20-3-5-26(21(16-20)18-28)35-23-7-12-33-13-8-23/h2-6,9,16-17,23H,7-8,10-15H2,1H3,(H,29,30,31). The number of aryl methyl sites for hydroxylation is 1. The van der Waals surface area contributed by atoms with E-state index in [1.165, 1.54) is 11.3 Å². The summed E-state index contributed by atoms with van der Waals surface area (Å²) in [6.07, 6.45) is 3.47. The number of hydrogen-bond acceptors (Lipinski definition) is 8. The molecule has 0 atom stereocenters. The highest BCUT2D eigenvalue weighted by molar-refractivity contribution is 5.68. The van der Waals surface area contributed by atoms with Crippen molar-refractivity contribution in [1.82, 2.24) is 9.97 Å². The van der Waals surface area contributed by atoms with Crippen LogP contribution in [0, 0.1) is 18.3 Å². The average Bonchev–Trinajstić information content (AvgIpc) is 2.91. The Morgan fingerprint density at radius 2 is 1.83 bits per heavy atom. The van der Waals surface area contributed by atoms with Crippen molar-refractivity contribution in [3.63, 3.8) is 0 Å². The number of benzene rings is 2. The lowest BCUT2D eigenvalue weighted by Crippen LogP contribution is -2.36. The van der Waals surface area contributed by atoms with Gasteiger partial charge >= 0.3 is 0 Å². The van der Waals surface area contributed by atoms with Crippen LogP contribution in [0.2, 0.25) is 0 Å². The molecule has 3 aromatic rings. The van der Waals surface area contributed by atoms with Gasteiger partial charge in [-0.25, -0.2) is 9.97 Å². The molecule has 2 saturated heterocycles. The van der Waals surface area contributed by atoms with Gasteiger partial charge in [-0.1, -0.05) is 6.07 Å². The summed E-state index contributed by atoms with van der Waals surface area (Å²) in [7, 11) is 0. The Hall–Kier alpha value is -3.67. The van der Waals surface area contributed by atoms with E-state index in [4.69, 9.17) is 19.2 Å². The number of nitrogens with zero attached hydrogens (tertiary/aromatic N) is 4. The van der Waals surface area contributed by atoms with E-state index in [1.807, 2.05) is 30.3 Å². The van der Waals surface area contributed by atoms with E-state index in [9.17, 15) is 5.26 Å². The molecule has 0 saturated carbocycles. The summed E-state index contributed by atoms with van der Waals surface area (Å²) in [4.78, 5) is 11.4. The average molecular weight is 472 g/mol. The van der Waals surface area contributed by atoms with Gasteiger partial charge in [0.1, 0.15) is 17.9 Å². The Morgan fingerprint density at radius 3 is 2.63 bits per heavy atom. The summed E-state index contributed by atoms with van der Waals surface area (Å²) in [5, 5.41) is 13.0. The zero-order valence-electron chi connectivity index (χ0n) is 19.9. The van der Waals surface area contributed by atoms with Crippen molar-refractivity contribution >= 4 is 17.3 Å². The Balaban J connectivity index is 1.34. The van der Waals surface area contributed by atoms with Gasteiger partial charge in [0, 0.05) is 49.1 Å². The van der Waals surface area contributed by atoms with Crippen LogP contribution in [0.15, 0.2) is 48.7 Å². The van der Waals surface area contributed by atoms with Gasteiger partial charge in [-0.15, -0.1) is 0 Å². The highest BCUT2D eigenvalue weighted by Crippen LogP contribution is 2.29. The maximum absolute atomic E-state index is 9.71. The zero-order chi connectivity index (χ0) is 24.0. The number of morpholine rings is 1. The van der Waals surface area contributed by atoms with Gasteiger partial charge in [0.05, 0.1) is 37.7 Å². The highest BCUT2D eigenvalue weighted by Gasteiger charge is 2.18. The lowest BCUT2D eigenvalue weighted by atomic mass is 10.1. The number of rotatable bonds is 6. The summed E-state index contributed by atoms with van der Waals surface area (Å²) < 4.78 is 17.0. The van der Waals surface area contributed by atoms with Crippen LogP contribution in [0.1, 0.15) is 24.0 Å². The predicted octanol–water partition coefficient (Wildman–Crippen LogP) is 4.46. The van der Waals surface area contributed by atoms with Crippen LogP contribution in [-0.4, -0.2) is 55.6 Å². The molecule has 35 heavy (non-hydrogen) atoms. The maximum atomic E-state index is 9.71. The summed E-state index contributed by atoms with van der Waals surface area (Å²) in [5.41, 5.74) is 5.40. The molecule has 1 aromatic heterocycles. The van der Waals surface area contributed by atoms with Crippen molar-refractivity contribution in [2.45, 2.75) is 25.9 Å². The number of ether oxygens (including phenoxy) is 3. The van der Waals surface area contributed by atoms with Crippen LogP contribution < -0.4 is 15.0 Å². The minimum atomic E-state index is 0.0772. The topological polar surface area (TPSA) is 92.5 Å². The van der Waals surface area contributed by atoms with Crippen LogP contribution in [0.3, 0.4) is 0 Å². The van der Waals surface area contributed by atoms with E-state index >= 15 is 0 Å². The highest BCUT2D eigenvalue weighted by atomic mass is 16.5. The number of nitriles is 1. The van der Waals surface area contributed by atoms with Gasteiger partial charge in [-0.3, -0.25) is 0 Å². The molecule has 0 unspecified atom stereocenters. The third kappa shape index (κ3) is 5.53. The van der Waals surface area contributed by atoms with Crippen molar-refractivity contribution in [3.8, 4) is 23.1 Å². The molecule has 0 amide bonds. The van der Waals surface area contributed by atoms with E-state index in [2.05, 4.69) is 40.3 Å². The van der Waals surface area contributed by atoms with Crippen molar-refractivity contribution in [3.05, 3.63) is 59.8 Å². The largest absolute Gasteiger partial charge is 0.489 e. The Bertz CT molecular complexity index is 1210. The Kier molecular flexibility index (Phi) is 7.07. The molecule has 3 heterocycles. The van der Waals surface area contributed by atoms with E-state index in [0.717, 1.165) is 56.1 Å². The molecule has 1 N–H and O–H groups in total. The van der Waals surface area contributed by atoms with Gasteiger partial charge < -0.3 is 24.4 Å². The molecule has 0 aliphatic carbocycles. The molecule has 180 valence electrons. The third-order valence-corrected chi connectivity index (χ3v) is 6.33. The number of aromatic nitrogens is 2. The minimum Gasteiger partial charge on any atom is -0.489 e. The van der Waals surface area contributed by atoms with Crippen molar-refractivity contribution < 1.29 is 14.2 Å². The molecule has 0 spiro atoms. The van der Waals surface area contributed by atoms with Gasteiger partial charge in [0.15, 0.2) is 0 Å². The zero-order valence-corrected chi connectivity index (χ0v) is 19.9. The van der Waals surface area contributed by atoms with E-state index in [-0.39, 0.29) is 6.10 Å². The summed E-state index contributed by atoms with van der Waals surface area (Å²) in [5.74, 6) is 1.10. The molecule has 0 radical (unpaired) electrons. The lowest BCUT2D eigenvalue weighted by molar-refractivity contribution is 0.0254. The SMILES string of the molecule is Cc1ccc(Nc2nccc(-c3ccc(OC4CCOCC4)c(C#N)c3)n2)cc1N1CCOCC1. The minimum absolute atomic E-state index is 0.0772. The van der Waals surface area contributed by atoms with Crippen LogP contribution in [0.25, 0.3) is 11.3 Å². The van der Waals surface area contributed by atoms with E-state index < -0.39 is 0 Å². The quantitative estimate of drug-likeness (QED) is 0.563. The van der Waals surface area contributed by atoms with Crippen molar-refractivity contribution in [2.75, 3.05) is 49.7 Å². The van der Waals surface area contributed by atoms with Crippen LogP contribution in [0.4, 0.5) is 17.3 Å². The molecule has 8 nitrogen and oxygen atoms in total. The number of anilines is 3. The Morgan fingerprint density at radius 1 is 1.03 bits per heavy atom. The molecule has 2 aliphatic rings. The van der Waals surface area contributed by atoms with Crippen LogP contribution in [-0.2, 0) is 9.47 Å². The first-order chi connectivity index (χ1) is 17.2. The van der Waals surface area contributed by atoms with Crippen LogP contribution in [0.5, 0.6) is 5.75 Å². The van der Waals surface area contributed by atoms with Gasteiger partial charge in [-0.05, 0) is 48.9 Å². The van der Waals surface area contributed by atoms with Crippen LogP contribution >= 0.6 is 0 Å². The summed E-state index contributed by atoms with van der Waals surface area (Å²) in [6, 6.07) is 16.0. The molecule has 8 heteroatoms. The van der Waals surface area contributed by atoms with Gasteiger partial charge in [0.2, 0.25) is 5.95 Å². The molecular formula is C27H29N5O3. The first-order valence-electron chi connectivity index (χ1n) is 12.0. The fourth-order valence-corrected chi connectivity index (χ4v) is 4.39. The molecule has 0 bridgehead atoms. The second-order valence-corrected chi connectivity index (χ2v) is 8.74. The first kappa shape index (κ1) is 23.1. The third-order valence-electron chi connectivity index (χ3n) is 6.33. The van der Waals surface area contributed by atoms with Gasteiger partial charge in [0.25, 0.3) is 0 Å². The Labute approximate surface area is 205 Å². The number of hydrogen-bond donors (Lipinski definition) is 1. The monoisotopic (exact) mass is 471 g/mol. The summed E-state index contributed by atoms with van der Waals surface area (Å²) >= 11 is 0. The van der Waals surface area contributed by atoms with Crippen molar-refractivity contribution in [1.29, 1.82) is 5.26 Å². The number of nitrogens with one attached hydrogen (secondary N) is 1. The fraction of sp³-hybridized carbons (Fsp3) is 0.370. The van der Waals surface area contributed by atoms with Crippen molar-refractivity contribution in [2.24, 2.45) is 0 Å². The second kappa shape index (κ2) is 10.7. The lowest BCUT2D eigenvalue weighted by Gasteiger charge is -2.30. The fourth-order valence-electron chi connectivity index (χ4n) is 4.39. The molecule has 2 aromatic carbocycles. The molecule has 2 fully saturated rings. The summed E-state index contributed by atoms with van der Waals surface area (Å²) in [6.45, 7) is 6.75. The molecular weight excluding hydrogens is 442 g/mol. The van der Waals surface area contributed by atoms with E-state index in [0.29, 0.717) is 30.5 Å². The molecule has 2 aliphatic heterocycles. The normalized spacial score (nSPS) is 16.5.